The number of guanidine groups is 1. The normalized spacial score (nSPS) is 13.0. The number of nitrogens with one attached hydrogen (secondary N) is 2. The van der Waals surface area contributed by atoms with Gasteiger partial charge in [-0.15, -0.1) is 0 Å². The lowest BCUT2D eigenvalue weighted by atomic mass is 10.3. The molecule has 0 spiro atoms. The monoisotopic (exact) mass is 253 g/mol. The van der Waals surface area contributed by atoms with Crippen LogP contribution >= 0.6 is 0 Å². The van der Waals surface area contributed by atoms with Gasteiger partial charge < -0.3 is 15.4 Å². The van der Waals surface area contributed by atoms with Crippen molar-refractivity contribution in [1.29, 1.82) is 0 Å². The van der Waals surface area contributed by atoms with Gasteiger partial charge in [0.1, 0.15) is 17.7 Å². The Kier molecular flexibility index (Phi) is 5.97. The predicted molar refractivity (Wildman–Crippen MR) is 71.5 cm³/mol. The minimum Gasteiger partial charge on any atom is -0.489 e. The average molecular weight is 253 g/mol. The first kappa shape index (κ1) is 14.3. The second kappa shape index (κ2) is 7.53. The van der Waals surface area contributed by atoms with Crippen molar-refractivity contribution in [3.8, 4) is 5.75 Å². The van der Waals surface area contributed by atoms with E-state index in [-0.39, 0.29) is 11.9 Å². The molecule has 0 fully saturated rings. The first-order chi connectivity index (χ1) is 8.65. The highest BCUT2D eigenvalue weighted by molar-refractivity contribution is 5.79. The van der Waals surface area contributed by atoms with Crippen molar-refractivity contribution in [2.45, 2.75) is 20.0 Å². The third-order valence-corrected chi connectivity index (χ3v) is 2.26. The molecule has 1 atom stereocenters. The summed E-state index contributed by atoms with van der Waals surface area (Å²) in [6.45, 7) is 5.31. The van der Waals surface area contributed by atoms with E-state index in [9.17, 15) is 4.39 Å². The maximum absolute atomic E-state index is 13.0. The van der Waals surface area contributed by atoms with Crippen LogP contribution in [0.3, 0.4) is 0 Å². The third-order valence-electron chi connectivity index (χ3n) is 2.26. The van der Waals surface area contributed by atoms with E-state index in [1.54, 1.807) is 19.2 Å². The van der Waals surface area contributed by atoms with Crippen LogP contribution in [0, 0.1) is 5.82 Å². The number of ether oxygens (including phenoxy) is 1. The van der Waals surface area contributed by atoms with Gasteiger partial charge in [-0.2, -0.15) is 0 Å². The number of halogens is 1. The zero-order chi connectivity index (χ0) is 13.4. The Bertz CT molecular complexity index is 396. The van der Waals surface area contributed by atoms with Gasteiger partial charge >= 0.3 is 0 Å². The molecular formula is C13H20FN3O. The lowest BCUT2D eigenvalue weighted by Crippen LogP contribution is -2.41. The molecule has 0 amide bonds. The van der Waals surface area contributed by atoms with Crippen LogP contribution in [0.5, 0.6) is 5.75 Å². The maximum atomic E-state index is 13.0. The van der Waals surface area contributed by atoms with Gasteiger partial charge in [-0.1, -0.05) is 6.07 Å². The van der Waals surface area contributed by atoms with E-state index >= 15 is 0 Å². The van der Waals surface area contributed by atoms with Crippen molar-refractivity contribution < 1.29 is 9.13 Å². The Hall–Kier alpha value is -1.78. The second-order valence-electron chi connectivity index (χ2n) is 3.87. The first-order valence-electron chi connectivity index (χ1n) is 6.02. The van der Waals surface area contributed by atoms with E-state index in [1.807, 2.05) is 13.8 Å². The fraction of sp³-hybridized carbons (Fsp3) is 0.462. The lowest BCUT2D eigenvalue weighted by Gasteiger charge is -2.17. The van der Waals surface area contributed by atoms with Crippen molar-refractivity contribution in [1.82, 2.24) is 10.6 Å². The molecule has 0 saturated carbocycles. The average Bonchev–Trinajstić information content (AvgIpc) is 2.34. The van der Waals surface area contributed by atoms with Crippen LogP contribution in [-0.2, 0) is 0 Å². The van der Waals surface area contributed by atoms with Gasteiger partial charge in [-0.05, 0) is 26.0 Å². The van der Waals surface area contributed by atoms with Crippen molar-refractivity contribution in [2.24, 2.45) is 4.99 Å². The molecular weight excluding hydrogens is 233 g/mol. The van der Waals surface area contributed by atoms with Gasteiger partial charge in [0.25, 0.3) is 0 Å². The number of rotatable bonds is 5. The summed E-state index contributed by atoms with van der Waals surface area (Å²) in [4.78, 5) is 4.05. The summed E-state index contributed by atoms with van der Waals surface area (Å²) in [6, 6.07) is 6.12. The Morgan fingerprint density at radius 2 is 2.22 bits per heavy atom. The highest BCUT2D eigenvalue weighted by Gasteiger charge is 2.05. The SMILES string of the molecule is CCNC(=NC)NCC(C)Oc1cccc(F)c1. The van der Waals surface area contributed by atoms with E-state index in [2.05, 4.69) is 15.6 Å². The summed E-state index contributed by atoms with van der Waals surface area (Å²) in [6.07, 6.45) is -0.0813. The maximum Gasteiger partial charge on any atom is 0.191 e. The predicted octanol–water partition coefficient (Wildman–Crippen LogP) is 1.78. The van der Waals surface area contributed by atoms with E-state index in [1.165, 1.54) is 12.1 Å². The highest BCUT2D eigenvalue weighted by atomic mass is 19.1. The van der Waals surface area contributed by atoms with Crippen LogP contribution in [0.15, 0.2) is 29.3 Å². The molecule has 18 heavy (non-hydrogen) atoms. The molecule has 4 nitrogen and oxygen atoms in total. The van der Waals surface area contributed by atoms with E-state index in [0.29, 0.717) is 12.3 Å². The summed E-state index contributed by atoms with van der Waals surface area (Å²) < 4.78 is 18.5. The molecule has 5 heteroatoms. The van der Waals surface area contributed by atoms with Crippen LogP contribution in [0.25, 0.3) is 0 Å². The first-order valence-corrected chi connectivity index (χ1v) is 6.02. The number of aliphatic imine (C=N–C) groups is 1. The number of hydrogen-bond acceptors (Lipinski definition) is 2. The molecule has 0 bridgehead atoms. The minimum atomic E-state index is -0.295. The molecule has 2 N–H and O–H groups in total. The van der Waals surface area contributed by atoms with Crippen LogP contribution in [0.1, 0.15) is 13.8 Å². The molecule has 0 aliphatic rings. The standard InChI is InChI=1S/C13H20FN3O/c1-4-16-13(15-3)17-9-10(2)18-12-7-5-6-11(14)8-12/h5-8,10H,4,9H2,1-3H3,(H2,15,16,17). The van der Waals surface area contributed by atoms with Crippen molar-refractivity contribution >= 4 is 5.96 Å². The van der Waals surface area contributed by atoms with Crippen LogP contribution in [0.2, 0.25) is 0 Å². The third kappa shape index (κ3) is 5.03. The summed E-state index contributed by atoms with van der Waals surface area (Å²) >= 11 is 0. The quantitative estimate of drug-likeness (QED) is 0.621. The molecule has 0 saturated heterocycles. The number of nitrogens with zero attached hydrogens (tertiary/aromatic N) is 1. The van der Waals surface area contributed by atoms with E-state index in [4.69, 9.17) is 4.74 Å². The van der Waals surface area contributed by atoms with Crippen LogP contribution in [0.4, 0.5) is 4.39 Å². The Morgan fingerprint density at radius 3 is 2.83 bits per heavy atom. The zero-order valence-electron chi connectivity index (χ0n) is 11.0. The van der Waals surface area contributed by atoms with Gasteiger partial charge in [0.15, 0.2) is 5.96 Å². The summed E-state index contributed by atoms with van der Waals surface area (Å²) in [5, 5.41) is 6.21. The van der Waals surface area contributed by atoms with Gasteiger partial charge in [-0.25, -0.2) is 4.39 Å². The van der Waals surface area contributed by atoms with Gasteiger partial charge in [0, 0.05) is 19.7 Å². The van der Waals surface area contributed by atoms with Gasteiger partial charge in [0.2, 0.25) is 0 Å². The van der Waals surface area contributed by atoms with Gasteiger partial charge in [0.05, 0.1) is 6.54 Å². The molecule has 100 valence electrons. The van der Waals surface area contributed by atoms with Crippen LogP contribution in [-0.4, -0.2) is 32.2 Å². The van der Waals surface area contributed by atoms with Crippen molar-refractivity contribution in [2.75, 3.05) is 20.1 Å². The second-order valence-corrected chi connectivity index (χ2v) is 3.87. The number of hydrogen-bond donors (Lipinski definition) is 2. The smallest absolute Gasteiger partial charge is 0.191 e. The molecule has 0 aromatic heterocycles. The largest absolute Gasteiger partial charge is 0.489 e. The van der Waals surface area contributed by atoms with Gasteiger partial charge in [-0.3, -0.25) is 4.99 Å². The van der Waals surface area contributed by atoms with Crippen molar-refractivity contribution in [3.63, 3.8) is 0 Å². The molecule has 1 rings (SSSR count). The highest BCUT2D eigenvalue weighted by Crippen LogP contribution is 2.13. The molecule has 1 unspecified atom stereocenters. The Labute approximate surface area is 107 Å². The van der Waals surface area contributed by atoms with E-state index in [0.717, 1.165) is 12.5 Å². The fourth-order valence-corrected chi connectivity index (χ4v) is 1.44. The molecule has 1 aromatic rings. The summed E-state index contributed by atoms with van der Waals surface area (Å²) in [7, 11) is 1.71. The summed E-state index contributed by atoms with van der Waals surface area (Å²) in [5.41, 5.74) is 0. The fourth-order valence-electron chi connectivity index (χ4n) is 1.44. The van der Waals surface area contributed by atoms with Crippen LogP contribution < -0.4 is 15.4 Å². The van der Waals surface area contributed by atoms with E-state index < -0.39 is 0 Å². The molecule has 1 aromatic carbocycles. The Morgan fingerprint density at radius 1 is 1.44 bits per heavy atom. The van der Waals surface area contributed by atoms with Crippen molar-refractivity contribution in [3.05, 3.63) is 30.1 Å². The zero-order valence-corrected chi connectivity index (χ0v) is 11.0. The number of benzene rings is 1. The molecule has 0 radical (unpaired) electrons. The summed E-state index contributed by atoms with van der Waals surface area (Å²) in [5.74, 6) is 0.964. The minimum absolute atomic E-state index is 0.0813. The Balaban J connectivity index is 2.40. The molecule has 0 aliphatic carbocycles. The molecule has 0 aliphatic heterocycles. The topological polar surface area (TPSA) is 45.7 Å². The molecule has 0 heterocycles. The lowest BCUT2D eigenvalue weighted by molar-refractivity contribution is 0.223.